The number of rotatable bonds is 11. The zero-order valence-electron chi connectivity index (χ0n) is 23.1. The summed E-state index contributed by atoms with van der Waals surface area (Å²) in [5, 5.41) is 8.43. The third kappa shape index (κ3) is 7.13. The summed E-state index contributed by atoms with van der Waals surface area (Å²) < 4.78 is 0. The van der Waals surface area contributed by atoms with Crippen LogP contribution in [0.1, 0.15) is 97.7 Å². The molecule has 0 radical (unpaired) electrons. The summed E-state index contributed by atoms with van der Waals surface area (Å²) in [6.07, 6.45) is 12.8. The Morgan fingerprint density at radius 2 is 2.00 bits per heavy atom. The molecule has 4 heteroatoms. The second kappa shape index (κ2) is 13.4. The van der Waals surface area contributed by atoms with E-state index in [0.29, 0.717) is 23.5 Å². The number of hydrogen-bond donors (Lipinski definition) is 1. The number of nitrogens with zero attached hydrogens (tertiary/aromatic N) is 3. The van der Waals surface area contributed by atoms with Crippen LogP contribution in [-0.2, 0) is 0 Å². The highest BCUT2D eigenvalue weighted by atomic mass is 15.2. The zero-order chi connectivity index (χ0) is 26.1. The maximum absolute atomic E-state index is 8.43. The van der Waals surface area contributed by atoms with Gasteiger partial charge in [-0.2, -0.15) is 0 Å². The summed E-state index contributed by atoms with van der Waals surface area (Å²) in [5.41, 5.74) is 7.16. The summed E-state index contributed by atoms with van der Waals surface area (Å²) in [7, 11) is 0. The van der Waals surface area contributed by atoms with Gasteiger partial charge in [0, 0.05) is 6.54 Å². The van der Waals surface area contributed by atoms with E-state index < -0.39 is 0 Å². The SMILES string of the molecule is C=CCCC(/C(C)=C/C(C)CC)=C(/C=C)N=C(C)N(CCC)c1cnc2c(c1)C(C)C(C)CC2=N. The quantitative estimate of drug-likeness (QED) is 0.151. The van der Waals surface area contributed by atoms with Crippen LogP contribution in [0, 0.1) is 17.2 Å². The summed E-state index contributed by atoms with van der Waals surface area (Å²) in [6.45, 7) is 24.3. The van der Waals surface area contributed by atoms with Crippen LogP contribution in [0.3, 0.4) is 0 Å². The van der Waals surface area contributed by atoms with Gasteiger partial charge in [-0.05, 0) is 86.1 Å². The van der Waals surface area contributed by atoms with E-state index in [4.69, 9.17) is 15.4 Å². The van der Waals surface area contributed by atoms with Crippen molar-refractivity contribution < 1.29 is 0 Å². The molecule has 0 spiro atoms. The molecule has 3 atom stereocenters. The number of hydrogen-bond acceptors (Lipinski definition) is 3. The Kier molecular flexibility index (Phi) is 10.9. The Balaban J connectivity index is 2.57. The zero-order valence-corrected chi connectivity index (χ0v) is 23.1. The molecular formula is C31H46N4. The first-order valence-electron chi connectivity index (χ1n) is 13.2. The molecule has 1 aromatic heterocycles. The molecule has 190 valence electrons. The van der Waals surface area contributed by atoms with Gasteiger partial charge in [0.15, 0.2) is 0 Å². The predicted octanol–water partition coefficient (Wildman–Crippen LogP) is 8.63. The minimum Gasteiger partial charge on any atom is -0.329 e. The molecule has 1 heterocycles. The Hall–Kier alpha value is -2.75. The van der Waals surface area contributed by atoms with Crippen LogP contribution in [0.15, 0.2) is 65.5 Å². The fourth-order valence-electron chi connectivity index (χ4n) is 4.71. The average molecular weight is 475 g/mol. The van der Waals surface area contributed by atoms with E-state index in [2.05, 4.69) is 78.7 Å². The van der Waals surface area contributed by atoms with Crippen molar-refractivity contribution in [3.8, 4) is 0 Å². The smallest absolute Gasteiger partial charge is 0.106 e. The molecule has 0 aliphatic heterocycles. The molecule has 0 amide bonds. The molecule has 0 aromatic carbocycles. The minimum absolute atomic E-state index is 0.384. The highest BCUT2D eigenvalue weighted by molar-refractivity contribution is 6.01. The van der Waals surface area contributed by atoms with E-state index in [1.807, 2.05) is 18.3 Å². The van der Waals surface area contributed by atoms with Gasteiger partial charge >= 0.3 is 0 Å². The van der Waals surface area contributed by atoms with Crippen LogP contribution in [0.4, 0.5) is 5.69 Å². The first kappa shape index (κ1) is 28.5. The van der Waals surface area contributed by atoms with E-state index in [9.17, 15) is 0 Å². The van der Waals surface area contributed by atoms with Gasteiger partial charge in [0.25, 0.3) is 0 Å². The third-order valence-corrected chi connectivity index (χ3v) is 7.25. The van der Waals surface area contributed by atoms with E-state index >= 15 is 0 Å². The molecule has 1 aliphatic carbocycles. The standard InChI is InChI=1S/C31H46N4/c1-10-14-15-27(23(7)17-21(5)12-3)30(13-4)34-25(9)35(16-11-2)26-19-28-24(8)22(6)18-29(32)31(28)33-20-26/h10,13,17,19-22,24,32H,1,4,11-12,14-16,18H2,2-3,5-9H3/b23-17+,30-27+,32-29?,34-25?. The summed E-state index contributed by atoms with van der Waals surface area (Å²) in [6, 6.07) is 2.23. The van der Waals surface area contributed by atoms with Gasteiger partial charge < -0.3 is 10.3 Å². The van der Waals surface area contributed by atoms with Crippen molar-refractivity contribution in [2.75, 3.05) is 11.4 Å². The second-order valence-corrected chi connectivity index (χ2v) is 10.0. The van der Waals surface area contributed by atoms with E-state index in [-0.39, 0.29) is 0 Å². The number of amidine groups is 1. The van der Waals surface area contributed by atoms with Crippen LogP contribution in [-0.4, -0.2) is 23.1 Å². The first-order valence-corrected chi connectivity index (χ1v) is 13.2. The maximum Gasteiger partial charge on any atom is 0.106 e. The van der Waals surface area contributed by atoms with Crippen LogP contribution < -0.4 is 4.90 Å². The highest BCUT2D eigenvalue weighted by Crippen LogP contribution is 2.36. The predicted molar refractivity (Wildman–Crippen MR) is 154 cm³/mol. The van der Waals surface area contributed by atoms with E-state index in [0.717, 1.165) is 61.6 Å². The molecule has 0 fully saturated rings. The normalized spacial score (nSPS) is 20.1. The number of pyridine rings is 1. The third-order valence-electron chi connectivity index (χ3n) is 7.25. The van der Waals surface area contributed by atoms with Gasteiger partial charge in [0.2, 0.25) is 0 Å². The topological polar surface area (TPSA) is 52.3 Å². The van der Waals surface area contributed by atoms with Crippen LogP contribution in [0.5, 0.6) is 0 Å². The molecule has 1 aromatic rings. The number of allylic oxidation sites excluding steroid dienone is 5. The lowest BCUT2D eigenvalue weighted by Gasteiger charge is -2.31. The summed E-state index contributed by atoms with van der Waals surface area (Å²) in [5.74, 6) is 2.29. The van der Waals surface area contributed by atoms with E-state index in [1.165, 1.54) is 16.7 Å². The number of aliphatic imine (C=N–C) groups is 1. The molecule has 1 N–H and O–H groups in total. The average Bonchev–Trinajstić information content (AvgIpc) is 2.84. The largest absolute Gasteiger partial charge is 0.329 e. The van der Waals surface area contributed by atoms with Crippen molar-refractivity contribution in [3.63, 3.8) is 0 Å². The van der Waals surface area contributed by atoms with Crippen molar-refractivity contribution in [3.05, 3.63) is 71.7 Å². The van der Waals surface area contributed by atoms with Gasteiger partial charge in [-0.3, -0.25) is 4.98 Å². The number of anilines is 1. The van der Waals surface area contributed by atoms with Gasteiger partial charge in [-0.25, -0.2) is 4.99 Å². The number of fused-ring (bicyclic) bond motifs is 1. The van der Waals surface area contributed by atoms with Crippen molar-refractivity contribution in [1.29, 1.82) is 5.41 Å². The molecule has 4 nitrogen and oxygen atoms in total. The Morgan fingerprint density at radius 1 is 1.29 bits per heavy atom. The fourth-order valence-corrected chi connectivity index (χ4v) is 4.71. The van der Waals surface area contributed by atoms with Crippen molar-refractivity contribution >= 4 is 17.2 Å². The highest BCUT2D eigenvalue weighted by Gasteiger charge is 2.28. The van der Waals surface area contributed by atoms with Crippen molar-refractivity contribution in [1.82, 2.24) is 4.98 Å². The summed E-state index contributed by atoms with van der Waals surface area (Å²) in [4.78, 5) is 12.1. The van der Waals surface area contributed by atoms with Gasteiger partial charge in [-0.15, -0.1) is 6.58 Å². The molecule has 0 saturated heterocycles. The molecule has 0 saturated carbocycles. The number of nitrogens with one attached hydrogen (secondary N) is 1. The Bertz CT molecular complexity index is 1010. The minimum atomic E-state index is 0.384. The Labute approximate surface area is 214 Å². The van der Waals surface area contributed by atoms with Crippen LogP contribution in [0.25, 0.3) is 0 Å². The monoisotopic (exact) mass is 474 g/mol. The first-order chi connectivity index (χ1) is 16.7. The second-order valence-electron chi connectivity index (χ2n) is 10.0. The fraction of sp³-hybridized carbons (Fsp3) is 0.516. The lowest BCUT2D eigenvalue weighted by molar-refractivity contribution is 0.490. The van der Waals surface area contributed by atoms with Gasteiger partial charge in [-0.1, -0.05) is 59.8 Å². The molecule has 1 aliphatic rings. The van der Waals surface area contributed by atoms with E-state index in [1.54, 1.807) is 0 Å². The molecular weight excluding hydrogens is 428 g/mol. The lowest BCUT2D eigenvalue weighted by Crippen LogP contribution is -2.31. The lowest BCUT2D eigenvalue weighted by atomic mass is 9.78. The van der Waals surface area contributed by atoms with Gasteiger partial charge in [0.05, 0.1) is 29.0 Å². The Morgan fingerprint density at radius 3 is 2.60 bits per heavy atom. The van der Waals surface area contributed by atoms with Crippen molar-refractivity contribution in [2.45, 2.75) is 86.5 Å². The van der Waals surface area contributed by atoms with Gasteiger partial charge in [0.1, 0.15) is 5.84 Å². The van der Waals surface area contributed by atoms with Crippen LogP contribution in [0.2, 0.25) is 0 Å². The molecule has 3 unspecified atom stereocenters. The van der Waals surface area contributed by atoms with Crippen LogP contribution >= 0.6 is 0 Å². The molecule has 0 bridgehead atoms. The number of aromatic nitrogens is 1. The molecule has 2 rings (SSSR count). The maximum atomic E-state index is 8.43. The summed E-state index contributed by atoms with van der Waals surface area (Å²) >= 11 is 0. The van der Waals surface area contributed by atoms with Crippen molar-refractivity contribution in [2.24, 2.45) is 16.8 Å². The molecule has 35 heavy (non-hydrogen) atoms.